The van der Waals surface area contributed by atoms with Gasteiger partial charge in [0.2, 0.25) is 0 Å². The van der Waals surface area contributed by atoms with Crippen LogP contribution in [0, 0.1) is 0 Å². The van der Waals surface area contributed by atoms with Gasteiger partial charge >= 0.3 is 7.95 Å². The molecule has 0 bridgehead atoms. The summed E-state index contributed by atoms with van der Waals surface area (Å²) in [6.07, 6.45) is 1.12. The smallest absolute Gasteiger partial charge is 0.369 e. The summed E-state index contributed by atoms with van der Waals surface area (Å²) in [5.41, 5.74) is 1.06. The monoisotopic (exact) mass is 427 g/mol. The molecule has 130 valence electrons. The van der Waals surface area contributed by atoms with Crippen molar-refractivity contribution in [2.24, 2.45) is 0 Å². The number of rotatable bonds is 10. The highest BCUT2D eigenvalue weighted by atomic mass is 33.8. The van der Waals surface area contributed by atoms with Crippen LogP contribution in [0.4, 0.5) is 0 Å². The van der Waals surface area contributed by atoms with Crippen molar-refractivity contribution in [1.29, 1.82) is 0 Å². The van der Waals surface area contributed by atoms with E-state index in [9.17, 15) is 0 Å². The second-order valence-corrected chi connectivity index (χ2v) is 20.7. The van der Waals surface area contributed by atoms with Crippen molar-refractivity contribution in [2.75, 3.05) is 27.1 Å². The predicted octanol–water partition coefficient (Wildman–Crippen LogP) is 5.39. The summed E-state index contributed by atoms with van der Waals surface area (Å²) < 4.78 is 19.4. The van der Waals surface area contributed by atoms with Gasteiger partial charge in [0.15, 0.2) is 4.34 Å². The third-order valence-electron chi connectivity index (χ3n) is 2.86. The van der Waals surface area contributed by atoms with Gasteiger partial charge < -0.3 is 13.3 Å². The van der Waals surface area contributed by atoms with E-state index in [1.54, 1.807) is 53.3 Å². The fourth-order valence-electron chi connectivity index (χ4n) is 1.75. The number of nitrogens with zero attached hydrogens (tertiary/aromatic N) is 1. The maximum Gasteiger partial charge on any atom is 0.572 e. The minimum atomic E-state index is -2.63. The van der Waals surface area contributed by atoms with Crippen LogP contribution in [-0.2, 0) is 13.3 Å². The van der Waals surface area contributed by atoms with Crippen LogP contribution in [-0.4, -0.2) is 40.0 Å². The molecule has 0 amide bonds. The van der Waals surface area contributed by atoms with Gasteiger partial charge in [0.1, 0.15) is 0 Å². The molecule has 1 aromatic carbocycles. The van der Waals surface area contributed by atoms with E-state index in [1.807, 2.05) is 29.0 Å². The van der Waals surface area contributed by atoms with E-state index in [4.69, 9.17) is 13.3 Å². The highest BCUT2D eigenvalue weighted by Gasteiger charge is 2.47. The summed E-state index contributed by atoms with van der Waals surface area (Å²) >= 11 is 1.72. The molecular weight excluding hydrogens is 407 g/mol. The van der Waals surface area contributed by atoms with E-state index < -0.39 is 16.4 Å². The van der Waals surface area contributed by atoms with Gasteiger partial charge in [0, 0.05) is 27.1 Å². The second-order valence-electron chi connectivity index (χ2n) is 4.33. The molecule has 23 heavy (non-hydrogen) atoms. The van der Waals surface area contributed by atoms with Gasteiger partial charge in [-0.25, -0.2) is 4.98 Å². The molecule has 0 saturated carbocycles. The molecule has 0 aliphatic carbocycles. The molecule has 2 aromatic rings. The fourth-order valence-corrected chi connectivity index (χ4v) is 24.4. The fraction of sp³-hybridized carbons (Fsp3) is 0.462. The lowest BCUT2D eigenvalue weighted by atomic mass is 10.3. The molecule has 1 unspecified atom stereocenters. The largest absolute Gasteiger partial charge is 0.572 e. The summed E-state index contributed by atoms with van der Waals surface area (Å²) in [6.45, 7) is 2.18. The van der Waals surface area contributed by atoms with E-state index >= 15 is 0 Å². The van der Waals surface area contributed by atoms with Crippen molar-refractivity contribution in [1.82, 2.24) is 4.98 Å². The third kappa shape index (κ3) is 5.05. The first-order chi connectivity index (χ1) is 11.2. The van der Waals surface area contributed by atoms with Crippen LogP contribution in [0.2, 0.25) is 0 Å². The molecule has 0 fully saturated rings. The minimum Gasteiger partial charge on any atom is -0.369 e. The first kappa shape index (κ1) is 19.9. The minimum absolute atomic E-state index is 0.632. The van der Waals surface area contributed by atoms with Gasteiger partial charge in [-0.3, -0.25) is 0 Å². The quantitative estimate of drug-likeness (QED) is 0.310. The summed E-state index contributed by atoms with van der Waals surface area (Å²) in [4.78, 5) is 4.68. The Morgan fingerprint density at radius 3 is 2.48 bits per heavy atom. The maximum absolute atomic E-state index is 5.69. The molecule has 1 atom stereocenters. The SMILES string of the molecule is CCCS[SH](SSc1nc2ccccc2s1)[Si](OC)(OC)OC. The number of aromatic nitrogens is 1. The first-order valence-corrected chi connectivity index (χ1v) is 16.0. The molecule has 0 spiro atoms. The Morgan fingerprint density at radius 2 is 1.87 bits per heavy atom. The van der Waals surface area contributed by atoms with Gasteiger partial charge in [-0.15, -0.1) is 22.1 Å². The molecule has 10 heteroatoms. The van der Waals surface area contributed by atoms with Crippen LogP contribution in [0.3, 0.4) is 0 Å². The van der Waals surface area contributed by atoms with Gasteiger partial charge in [-0.2, -0.15) is 0 Å². The standard InChI is InChI=1S/C13H21NO3S5Si/c1-5-10-18-22(23(15-2,16-3)17-4)21-20-13-14-11-8-6-7-9-12(11)19-13/h6-9,22H,5,10H2,1-4H3. The Labute approximate surface area is 156 Å². The van der Waals surface area contributed by atoms with E-state index in [1.165, 1.54) is 4.70 Å². The van der Waals surface area contributed by atoms with Crippen molar-refractivity contribution in [3.05, 3.63) is 24.3 Å². The molecule has 0 aliphatic rings. The second kappa shape index (κ2) is 9.93. The number of hydrogen-bond donors (Lipinski definition) is 1. The molecule has 0 saturated heterocycles. The summed E-state index contributed by atoms with van der Waals surface area (Å²) in [5, 5.41) is 0. The molecule has 2 rings (SSSR count). The van der Waals surface area contributed by atoms with Crippen molar-refractivity contribution in [3.8, 4) is 0 Å². The van der Waals surface area contributed by atoms with Crippen LogP contribution in [0.15, 0.2) is 28.6 Å². The number of thiazole rings is 1. The highest BCUT2D eigenvalue weighted by Crippen LogP contribution is 2.65. The van der Waals surface area contributed by atoms with Crippen molar-refractivity contribution < 1.29 is 13.3 Å². The van der Waals surface area contributed by atoms with E-state index in [2.05, 4.69) is 18.0 Å². The average molecular weight is 428 g/mol. The Morgan fingerprint density at radius 1 is 1.17 bits per heavy atom. The number of fused-ring (bicyclic) bond motifs is 1. The molecule has 0 radical (unpaired) electrons. The molecule has 4 nitrogen and oxygen atoms in total. The molecule has 0 N–H and O–H groups in total. The number of benzene rings is 1. The highest BCUT2D eigenvalue weighted by molar-refractivity contribution is 9.37. The lowest BCUT2D eigenvalue weighted by Gasteiger charge is -2.33. The lowest BCUT2D eigenvalue weighted by molar-refractivity contribution is 0.152. The maximum atomic E-state index is 5.69. The lowest BCUT2D eigenvalue weighted by Crippen LogP contribution is -2.41. The Bertz CT molecular complexity index is 569. The van der Waals surface area contributed by atoms with Crippen molar-refractivity contribution in [3.63, 3.8) is 0 Å². The molecule has 1 aromatic heterocycles. The van der Waals surface area contributed by atoms with Gasteiger partial charge in [-0.1, -0.05) is 27.5 Å². The number of thiol groups is 1. The number of hydrogen-bond acceptors (Lipinski definition) is 8. The Hall–Kier alpha value is 0.607. The van der Waals surface area contributed by atoms with Crippen LogP contribution in [0.5, 0.6) is 0 Å². The number of para-hydroxylation sites is 1. The van der Waals surface area contributed by atoms with Crippen LogP contribution >= 0.6 is 51.2 Å². The van der Waals surface area contributed by atoms with Gasteiger partial charge in [0.25, 0.3) is 0 Å². The summed E-state index contributed by atoms with van der Waals surface area (Å²) in [6, 6.07) is 8.22. The first-order valence-electron chi connectivity index (χ1n) is 6.98. The predicted molar refractivity (Wildman–Crippen MR) is 112 cm³/mol. The molecular formula is C13H21NO3S5Si. The normalized spacial score (nSPS) is 14.3. The van der Waals surface area contributed by atoms with Gasteiger partial charge in [0.05, 0.1) is 10.2 Å². The zero-order valence-corrected chi connectivity index (χ0v) is 18.6. The summed E-state index contributed by atoms with van der Waals surface area (Å²) in [7, 11) is 7.18. The van der Waals surface area contributed by atoms with Crippen molar-refractivity contribution in [2.45, 2.75) is 17.7 Å². The van der Waals surface area contributed by atoms with Crippen LogP contribution < -0.4 is 0 Å². The van der Waals surface area contributed by atoms with Crippen LogP contribution in [0.1, 0.15) is 13.3 Å². The van der Waals surface area contributed by atoms with Crippen molar-refractivity contribution >= 4 is 69.3 Å². The molecule has 0 aliphatic heterocycles. The van der Waals surface area contributed by atoms with Gasteiger partial charge in [-0.05, 0) is 39.2 Å². The topological polar surface area (TPSA) is 40.6 Å². The zero-order valence-electron chi connectivity index (χ0n) is 13.5. The average Bonchev–Trinajstić information content (AvgIpc) is 3.01. The van der Waals surface area contributed by atoms with E-state index in [0.717, 1.165) is 22.0 Å². The van der Waals surface area contributed by atoms with E-state index in [-0.39, 0.29) is 0 Å². The zero-order chi connectivity index (χ0) is 16.7. The molecule has 1 heterocycles. The van der Waals surface area contributed by atoms with Crippen LogP contribution in [0.25, 0.3) is 10.2 Å². The third-order valence-corrected chi connectivity index (χ3v) is 24.8. The van der Waals surface area contributed by atoms with E-state index in [0.29, 0.717) is 0 Å². The summed E-state index contributed by atoms with van der Waals surface area (Å²) in [5.74, 6) is 1.07. The Kier molecular flexibility index (Phi) is 8.60. The Balaban J connectivity index is 2.10.